The largest absolute Gasteiger partial charge is 0.487 e. The molecule has 0 aliphatic carbocycles. The lowest BCUT2D eigenvalue weighted by Gasteiger charge is -2.09. The SMILES string of the molecule is N#Cc1ccc(Cl)cc1OCc1ccc(Br)cc1[N+](=O)[O-]. The molecule has 0 atom stereocenters. The molecule has 106 valence electrons. The molecule has 0 N–H and O–H groups in total. The minimum absolute atomic E-state index is 0.0292. The zero-order valence-corrected chi connectivity index (χ0v) is 12.9. The van der Waals surface area contributed by atoms with Crippen LogP contribution in [0.4, 0.5) is 5.69 Å². The summed E-state index contributed by atoms with van der Waals surface area (Å²) in [6, 6.07) is 11.3. The van der Waals surface area contributed by atoms with Gasteiger partial charge >= 0.3 is 0 Å². The van der Waals surface area contributed by atoms with E-state index in [0.717, 1.165) is 0 Å². The van der Waals surface area contributed by atoms with Crippen molar-refractivity contribution in [3.8, 4) is 11.8 Å². The van der Waals surface area contributed by atoms with Gasteiger partial charge in [-0.1, -0.05) is 27.5 Å². The maximum absolute atomic E-state index is 11.0. The Bertz CT molecular complexity index is 743. The first kappa shape index (κ1) is 15.3. The number of hydrogen-bond donors (Lipinski definition) is 0. The molecule has 0 fully saturated rings. The highest BCUT2D eigenvalue weighted by Crippen LogP contribution is 2.27. The summed E-state index contributed by atoms with van der Waals surface area (Å²) >= 11 is 9.04. The van der Waals surface area contributed by atoms with Crippen LogP contribution >= 0.6 is 27.5 Å². The van der Waals surface area contributed by atoms with Crippen molar-refractivity contribution in [2.24, 2.45) is 0 Å². The Balaban J connectivity index is 2.27. The third-order valence-electron chi connectivity index (χ3n) is 2.69. The van der Waals surface area contributed by atoms with Crippen LogP contribution in [-0.4, -0.2) is 4.92 Å². The fourth-order valence-electron chi connectivity index (χ4n) is 1.69. The van der Waals surface area contributed by atoms with Gasteiger partial charge in [-0.2, -0.15) is 5.26 Å². The molecular formula is C14H8BrClN2O3. The molecule has 21 heavy (non-hydrogen) atoms. The summed E-state index contributed by atoms with van der Waals surface area (Å²) in [5.41, 5.74) is 0.677. The number of nitrogens with zero attached hydrogens (tertiary/aromatic N) is 2. The van der Waals surface area contributed by atoms with Gasteiger partial charge < -0.3 is 4.74 Å². The van der Waals surface area contributed by atoms with E-state index in [9.17, 15) is 10.1 Å². The molecule has 2 aromatic rings. The van der Waals surface area contributed by atoms with Crippen molar-refractivity contribution in [3.05, 3.63) is 67.1 Å². The molecule has 0 spiro atoms. The van der Waals surface area contributed by atoms with Gasteiger partial charge in [-0.15, -0.1) is 0 Å². The maximum Gasteiger partial charge on any atom is 0.277 e. The van der Waals surface area contributed by atoms with E-state index in [-0.39, 0.29) is 12.3 Å². The fourth-order valence-corrected chi connectivity index (χ4v) is 2.20. The van der Waals surface area contributed by atoms with Gasteiger partial charge in [0.15, 0.2) is 0 Å². The number of halogens is 2. The fraction of sp³-hybridized carbons (Fsp3) is 0.0714. The number of nitro benzene ring substituents is 1. The van der Waals surface area contributed by atoms with E-state index in [1.54, 1.807) is 18.2 Å². The van der Waals surface area contributed by atoms with Crippen molar-refractivity contribution in [1.29, 1.82) is 5.26 Å². The molecule has 0 heterocycles. The maximum atomic E-state index is 11.0. The zero-order chi connectivity index (χ0) is 15.4. The lowest BCUT2D eigenvalue weighted by Crippen LogP contribution is -2.01. The Kier molecular flexibility index (Phi) is 4.78. The van der Waals surface area contributed by atoms with Crippen LogP contribution in [0.2, 0.25) is 5.02 Å². The average Bonchev–Trinajstić information content (AvgIpc) is 2.46. The molecule has 2 aromatic carbocycles. The number of hydrogen-bond acceptors (Lipinski definition) is 4. The number of rotatable bonds is 4. The first-order valence-electron chi connectivity index (χ1n) is 5.76. The summed E-state index contributed by atoms with van der Waals surface area (Å²) in [5, 5.41) is 20.4. The van der Waals surface area contributed by atoms with E-state index in [1.807, 2.05) is 6.07 Å². The summed E-state index contributed by atoms with van der Waals surface area (Å²) < 4.78 is 6.11. The van der Waals surface area contributed by atoms with Crippen LogP contribution in [0.25, 0.3) is 0 Å². The summed E-state index contributed by atoms with van der Waals surface area (Å²) in [5.74, 6) is 0.294. The lowest BCUT2D eigenvalue weighted by atomic mass is 10.2. The normalized spacial score (nSPS) is 9.95. The second kappa shape index (κ2) is 6.57. The Morgan fingerprint density at radius 1 is 1.33 bits per heavy atom. The van der Waals surface area contributed by atoms with Crippen molar-refractivity contribution >= 4 is 33.2 Å². The van der Waals surface area contributed by atoms with Gasteiger partial charge in [-0.3, -0.25) is 10.1 Å². The number of nitro groups is 1. The second-order valence-electron chi connectivity index (χ2n) is 4.07. The van der Waals surface area contributed by atoms with Crippen LogP contribution in [-0.2, 0) is 6.61 Å². The van der Waals surface area contributed by atoms with Gasteiger partial charge in [-0.25, -0.2) is 0 Å². The molecule has 0 amide bonds. The third-order valence-corrected chi connectivity index (χ3v) is 3.42. The van der Waals surface area contributed by atoms with Gasteiger partial charge in [0, 0.05) is 21.6 Å². The van der Waals surface area contributed by atoms with Gasteiger partial charge in [-0.05, 0) is 24.3 Å². The predicted molar refractivity (Wildman–Crippen MR) is 81.3 cm³/mol. The number of nitriles is 1. The quantitative estimate of drug-likeness (QED) is 0.590. The Hall–Kier alpha value is -2.10. The third kappa shape index (κ3) is 3.72. The first-order chi connectivity index (χ1) is 10.0. The molecule has 0 aliphatic rings. The summed E-state index contributed by atoms with van der Waals surface area (Å²) in [7, 11) is 0. The second-order valence-corrected chi connectivity index (χ2v) is 5.42. The predicted octanol–water partition coefficient (Wildman–Crippen LogP) is 4.46. The minimum Gasteiger partial charge on any atom is -0.487 e. The van der Waals surface area contributed by atoms with Gasteiger partial charge in [0.1, 0.15) is 18.4 Å². The first-order valence-corrected chi connectivity index (χ1v) is 6.93. The Labute approximate surface area is 134 Å². The molecular weight excluding hydrogens is 360 g/mol. The van der Waals surface area contributed by atoms with Gasteiger partial charge in [0.2, 0.25) is 0 Å². The lowest BCUT2D eigenvalue weighted by molar-refractivity contribution is -0.385. The van der Waals surface area contributed by atoms with Crippen LogP contribution in [0.15, 0.2) is 40.9 Å². The molecule has 0 bridgehead atoms. The van der Waals surface area contributed by atoms with Crippen LogP contribution in [0.5, 0.6) is 5.75 Å². The van der Waals surface area contributed by atoms with Crippen molar-refractivity contribution < 1.29 is 9.66 Å². The summed E-state index contributed by atoms with van der Waals surface area (Å²) in [6.07, 6.45) is 0. The van der Waals surface area contributed by atoms with Crippen LogP contribution in [0, 0.1) is 21.4 Å². The molecule has 2 rings (SSSR count). The molecule has 0 saturated carbocycles. The van der Waals surface area contributed by atoms with E-state index in [0.29, 0.717) is 26.4 Å². The van der Waals surface area contributed by atoms with E-state index >= 15 is 0 Å². The van der Waals surface area contributed by atoms with Crippen molar-refractivity contribution in [2.75, 3.05) is 0 Å². The van der Waals surface area contributed by atoms with Crippen molar-refractivity contribution in [2.45, 2.75) is 6.61 Å². The summed E-state index contributed by atoms with van der Waals surface area (Å²) in [6.45, 7) is -0.0292. The van der Waals surface area contributed by atoms with Gasteiger partial charge in [0.05, 0.1) is 16.1 Å². The zero-order valence-electron chi connectivity index (χ0n) is 10.5. The van der Waals surface area contributed by atoms with E-state index < -0.39 is 4.92 Å². The van der Waals surface area contributed by atoms with Crippen LogP contribution in [0.1, 0.15) is 11.1 Å². The molecule has 0 aromatic heterocycles. The van der Waals surface area contributed by atoms with Gasteiger partial charge in [0.25, 0.3) is 5.69 Å². The van der Waals surface area contributed by atoms with E-state index in [1.165, 1.54) is 18.2 Å². The number of ether oxygens (including phenoxy) is 1. The smallest absolute Gasteiger partial charge is 0.277 e. The monoisotopic (exact) mass is 366 g/mol. The Morgan fingerprint density at radius 3 is 2.76 bits per heavy atom. The topological polar surface area (TPSA) is 76.2 Å². The molecule has 0 aliphatic heterocycles. The highest BCUT2D eigenvalue weighted by Gasteiger charge is 2.15. The molecule has 0 radical (unpaired) electrons. The van der Waals surface area contributed by atoms with E-state index in [2.05, 4.69) is 15.9 Å². The standard InChI is InChI=1S/C14H8BrClN2O3/c15-11-3-1-10(13(5-11)18(19)20)8-21-14-6-12(16)4-2-9(14)7-17/h1-6H,8H2. The highest BCUT2D eigenvalue weighted by atomic mass is 79.9. The van der Waals surface area contributed by atoms with Crippen LogP contribution in [0.3, 0.4) is 0 Å². The van der Waals surface area contributed by atoms with Crippen LogP contribution < -0.4 is 4.74 Å². The average molecular weight is 368 g/mol. The Morgan fingerprint density at radius 2 is 2.10 bits per heavy atom. The summed E-state index contributed by atoms with van der Waals surface area (Å²) in [4.78, 5) is 10.5. The van der Waals surface area contributed by atoms with Crippen molar-refractivity contribution in [3.63, 3.8) is 0 Å². The molecule has 0 saturated heterocycles. The molecule has 7 heteroatoms. The molecule has 5 nitrogen and oxygen atoms in total. The van der Waals surface area contributed by atoms with E-state index in [4.69, 9.17) is 21.6 Å². The highest BCUT2D eigenvalue weighted by molar-refractivity contribution is 9.10. The molecule has 0 unspecified atom stereocenters. The minimum atomic E-state index is -0.480. The van der Waals surface area contributed by atoms with Crippen molar-refractivity contribution in [1.82, 2.24) is 0 Å². The number of benzene rings is 2.